The van der Waals surface area contributed by atoms with E-state index in [2.05, 4.69) is 20.8 Å². The Morgan fingerprint density at radius 2 is 1.46 bits per heavy atom. The Hall–Kier alpha value is -5.68. The van der Waals surface area contributed by atoms with Crippen molar-refractivity contribution in [1.29, 1.82) is 0 Å². The number of hydrogen-bond donors (Lipinski definition) is 3. The lowest BCUT2D eigenvalue weighted by atomic mass is 9.91. The van der Waals surface area contributed by atoms with Crippen molar-refractivity contribution in [3.8, 4) is 22.6 Å². The van der Waals surface area contributed by atoms with E-state index in [4.69, 9.17) is 9.47 Å². The third-order valence-electron chi connectivity index (χ3n) is 9.42. The number of phenols is 1. The maximum Gasteiger partial charge on any atom is 0.257 e. The Kier molecular flexibility index (Phi) is 11.4. The topological polar surface area (TPSA) is 132 Å². The van der Waals surface area contributed by atoms with E-state index >= 15 is 0 Å². The summed E-state index contributed by atoms with van der Waals surface area (Å²) in [5.74, 6) is -12.2. The quantitative estimate of drug-likeness (QED) is 0.0522. The van der Waals surface area contributed by atoms with Gasteiger partial charge in [-0.05, 0) is 62.5 Å². The molecule has 0 saturated carbocycles. The predicted octanol–water partition coefficient (Wildman–Crippen LogP) is 7.74. The van der Waals surface area contributed by atoms with Crippen LogP contribution in [0.15, 0.2) is 102 Å². The molecule has 6 aromatic rings. The summed E-state index contributed by atoms with van der Waals surface area (Å²) in [6.45, 7) is 1.64. The summed E-state index contributed by atoms with van der Waals surface area (Å²) in [5.41, 5.74) is 3.29. The van der Waals surface area contributed by atoms with Crippen LogP contribution in [-0.4, -0.2) is 48.2 Å². The van der Waals surface area contributed by atoms with Crippen LogP contribution in [0.1, 0.15) is 51.9 Å². The summed E-state index contributed by atoms with van der Waals surface area (Å²) < 4.78 is 84.3. The molecule has 0 radical (unpaired) electrons. The number of aromatic hydroxyl groups is 1. The van der Waals surface area contributed by atoms with Crippen LogP contribution in [0.3, 0.4) is 0 Å². The van der Waals surface area contributed by atoms with Crippen LogP contribution in [0.25, 0.3) is 16.8 Å². The highest BCUT2D eigenvalue weighted by Gasteiger charge is 2.39. The SMILES string of the molecule is C[C@@H]1[C@H](CSc2nnnn2-c2ccc(O)cc2)O[C@H](c2ccc(-c3ccccc3CNC(=O)c3c(F)c(F)c(F)c(F)c3F)cc2)O[C@@H]1c1ccc(CO)cc1. The first-order valence-corrected chi connectivity index (χ1v) is 18.2. The van der Waals surface area contributed by atoms with Gasteiger partial charge in [-0.25, -0.2) is 22.0 Å². The molecule has 16 heteroatoms. The zero-order valence-corrected chi connectivity index (χ0v) is 30.2. The predicted molar refractivity (Wildman–Crippen MR) is 194 cm³/mol. The fourth-order valence-electron chi connectivity index (χ4n) is 6.34. The molecule has 5 aromatic carbocycles. The van der Waals surface area contributed by atoms with Gasteiger partial charge in [-0.2, -0.15) is 4.68 Å². The molecule has 0 spiro atoms. The van der Waals surface area contributed by atoms with Crippen molar-refractivity contribution in [2.24, 2.45) is 5.92 Å². The molecule has 0 aliphatic carbocycles. The minimum Gasteiger partial charge on any atom is -0.508 e. The summed E-state index contributed by atoms with van der Waals surface area (Å²) in [7, 11) is 0. The van der Waals surface area contributed by atoms with E-state index in [1.807, 2.05) is 55.5 Å². The minimum absolute atomic E-state index is 0.102. The largest absolute Gasteiger partial charge is 0.508 e. The molecule has 1 amide bonds. The normalized spacial score (nSPS) is 18.2. The number of amides is 1. The van der Waals surface area contributed by atoms with Crippen LogP contribution in [0.5, 0.6) is 5.75 Å². The van der Waals surface area contributed by atoms with Crippen LogP contribution >= 0.6 is 11.8 Å². The van der Waals surface area contributed by atoms with Gasteiger partial charge >= 0.3 is 0 Å². The molecular weight excluding hydrogens is 758 g/mol. The summed E-state index contributed by atoms with van der Waals surface area (Å²) >= 11 is 1.40. The molecule has 56 heavy (non-hydrogen) atoms. The Morgan fingerprint density at radius 1 is 0.821 bits per heavy atom. The molecule has 1 saturated heterocycles. The lowest BCUT2D eigenvalue weighted by molar-refractivity contribution is -0.268. The van der Waals surface area contributed by atoms with Crippen molar-refractivity contribution in [2.75, 3.05) is 5.75 Å². The van der Waals surface area contributed by atoms with E-state index in [9.17, 15) is 37.0 Å². The zero-order chi connectivity index (χ0) is 39.5. The maximum atomic E-state index is 14.3. The molecule has 1 fully saturated rings. The fraction of sp³-hybridized carbons (Fsp3) is 0.200. The number of aliphatic hydroxyl groups is 1. The highest BCUT2D eigenvalue weighted by atomic mass is 32.2. The van der Waals surface area contributed by atoms with E-state index in [0.717, 1.165) is 11.1 Å². The number of benzene rings is 5. The van der Waals surface area contributed by atoms with E-state index in [1.54, 1.807) is 53.2 Å². The Balaban J connectivity index is 1.11. The summed E-state index contributed by atoms with van der Waals surface area (Å²) in [6.07, 6.45) is -1.56. The van der Waals surface area contributed by atoms with Gasteiger partial charge in [0.05, 0.1) is 24.5 Å². The molecule has 1 aromatic heterocycles. The smallest absolute Gasteiger partial charge is 0.257 e. The Labute approximate surface area is 320 Å². The van der Waals surface area contributed by atoms with Crippen LogP contribution in [0, 0.1) is 35.0 Å². The van der Waals surface area contributed by atoms with E-state index in [-0.39, 0.29) is 30.9 Å². The van der Waals surface area contributed by atoms with Gasteiger partial charge in [0, 0.05) is 23.8 Å². The van der Waals surface area contributed by atoms with Gasteiger partial charge in [0.2, 0.25) is 11.0 Å². The number of halogens is 5. The second-order valence-corrected chi connectivity index (χ2v) is 13.9. The van der Waals surface area contributed by atoms with Gasteiger partial charge in [0.25, 0.3) is 5.91 Å². The van der Waals surface area contributed by atoms with Crippen molar-refractivity contribution in [3.63, 3.8) is 0 Å². The van der Waals surface area contributed by atoms with Crippen molar-refractivity contribution in [3.05, 3.63) is 154 Å². The lowest BCUT2D eigenvalue weighted by Crippen LogP contribution is -2.38. The summed E-state index contributed by atoms with van der Waals surface area (Å²) in [6, 6.07) is 28.1. The number of carbonyl (C=O) groups excluding carboxylic acids is 1. The van der Waals surface area contributed by atoms with Crippen LogP contribution < -0.4 is 5.32 Å². The van der Waals surface area contributed by atoms with Crippen LogP contribution in [0.4, 0.5) is 22.0 Å². The molecule has 7 rings (SSSR count). The van der Waals surface area contributed by atoms with Gasteiger partial charge in [-0.1, -0.05) is 91.5 Å². The van der Waals surface area contributed by atoms with Crippen LogP contribution in [0.2, 0.25) is 0 Å². The lowest BCUT2D eigenvalue weighted by Gasteiger charge is -2.41. The highest BCUT2D eigenvalue weighted by Crippen LogP contribution is 2.43. The molecular formula is C40H32F5N5O5S. The number of tetrazole rings is 1. The molecule has 0 bridgehead atoms. The number of aromatic nitrogens is 4. The zero-order valence-electron chi connectivity index (χ0n) is 29.4. The number of nitrogens with zero attached hydrogens (tertiary/aromatic N) is 4. The third kappa shape index (κ3) is 7.86. The van der Waals surface area contributed by atoms with Gasteiger partial charge in [0.15, 0.2) is 29.6 Å². The number of aliphatic hydroxyl groups excluding tert-OH is 1. The van der Waals surface area contributed by atoms with Crippen molar-refractivity contribution < 1.29 is 46.4 Å². The molecule has 1 aliphatic rings. The maximum absolute atomic E-state index is 14.3. The van der Waals surface area contributed by atoms with Gasteiger partial charge < -0.3 is 25.0 Å². The van der Waals surface area contributed by atoms with Gasteiger partial charge in [-0.3, -0.25) is 4.79 Å². The highest BCUT2D eigenvalue weighted by molar-refractivity contribution is 7.99. The van der Waals surface area contributed by atoms with Crippen molar-refractivity contribution in [2.45, 2.75) is 43.7 Å². The molecule has 3 N–H and O–H groups in total. The number of ether oxygens (including phenoxy) is 2. The first-order chi connectivity index (χ1) is 27.0. The second-order valence-electron chi connectivity index (χ2n) is 12.9. The second kappa shape index (κ2) is 16.6. The average molecular weight is 790 g/mol. The van der Waals surface area contributed by atoms with E-state index in [0.29, 0.717) is 38.9 Å². The number of carbonyl (C=O) groups is 1. The fourth-order valence-corrected chi connectivity index (χ4v) is 7.39. The van der Waals surface area contributed by atoms with E-state index < -0.39 is 53.0 Å². The molecule has 288 valence electrons. The Morgan fingerprint density at radius 3 is 2.14 bits per heavy atom. The number of phenolic OH excluding ortho intramolecular Hbond substituents is 1. The van der Waals surface area contributed by atoms with Gasteiger partial charge in [-0.15, -0.1) is 5.10 Å². The monoisotopic (exact) mass is 789 g/mol. The third-order valence-corrected chi connectivity index (χ3v) is 10.4. The molecule has 2 heterocycles. The average Bonchev–Trinajstić information content (AvgIpc) is 3.70. The number of thioether (sulfide) groups is 1. The Bertz CT molecular complexity index is 2320. The first kappa shape index (κ1) is 38.6. The molecule has 0 unspecified atom stereocenters. The number of hydrogen-bond acceptors (Lipinski definition) is 9. The van der Waals surface area contributed by atoms with Crippen molar-refractivity contribution in [1.82, 2.24) is 25.5 Å². The number of rotatable bonds is 11. The summed E-state index contributed by atoms with van der Waals surface area (Å²) in [5, 5.41) is 34.2. The minimum atomic E-state index is -2.35. The number of nitrogens with one attached hydrogen (secondary N) is 1. The summed E-state index contributed by atoms with van der Waals surface area (Å²) in [4.78, 5) is 12.7. The van der Waals surface area contributed by atoms with Crippen LogP contribution in [-0.2, 0) is 22.6 Å². The van der Waals surface area contributed by atoms with E-state index in [1.165, 1.54) is 11.8 Å². The standard InChI is InChI=1S/C40H32F5N5O5S/c1-21-30(20-56-40-47-48-49-50(40)27-14-16-28(52)17-15-27)54-39(55-37(21)24-8-6-22(19-51)7-9-24)25-12-10-23(11-13-25)29-5-3-2-4-26(29)18-46-38(53)31-32(41)34(43)36(45)35(44)33(31)42/h2-17,21,30,37,39,51-52H,18-20H2,1H3,(H,46,53)/t21-,30+,37+,39+/m1/s1. The molecule has 10 nitrogen and oxygen atoms in total. The molecule has 4 atom stereocenters. The van der Waals surface area contributed by atoms with Crippen molar-refractivity contribution >= 4 is 17.7 Å². The molecule has 1 aliphatic heterocycles. The van der Waals surface area contributed by atoms with Gasteiger partial charge in [0.1, 0.15) is 11.3 Å². The first-order valence-electron chi connectivity index (χ1n) is 17.2.